The van der Waals surface area contributed by atoms with Crippen LogP contribution in [0.3, 0.4) is 0 Å². The SMILES string of the molecule is CCS(=O)(=O)c1ccccc1NCC1(O)CCOC1. The molecule has 1 fully saturated rings. The number of nitrogens with one attached hydrogen (secondary N) is 1. The smallest absolute Gasteiger partial charge is 0.180 e. The normalized spacial score (nSPS) is 23.5. The predicted octanol–water partition coefficient (Wildman–Crippen LogP) is 1.04. The summed E-state index contributed by atoms with van der Waals surface area (Å²) in [7, 11) is -3.27. The van der Waals surface area contributed by atoms with Crippen molar-refractivity contribution in [3.8, 4) is 0 Å². The van der Waals surface area contributed by atoms with E-state index in [0.717, 1.165) is 0 Å². The molecule has 2 rings (SSSR count). The molecule has 19 heavy (non-hydrogen) atoms. The molecule has 1 aromatic carbocycles. The van der Waals surface area contributed by atoms with E-state index >= 15 is 0 Å². The fourth-order valence-corrected chi connectivity index (χ4v) is 3.11. The molecule has 0 bridgehead atoms. The molecule has 0 aromatic heterocycles. The minimum atomic E-state index is -3.27. The molecule has 1 atom stereocenters. The summed E-state index contributed by atoms with van der Waals surface area (Å²) in [5.41, 5.74) is -0.381. The highest BCUT2D eigenvalue weighted by Gasteiger charge is 2.32. The van der Waals surface area contributed by atoms with Crippen LogP contribution < -0.4 is 5.32 Å². The highest BCUT2D eigenvalue weighted by Crippen LogP contribution is 2.24. The molecule has 2 N–H and O–H groups in total. The topological polar surface area (TPSA) is 75.6 Å². The Hall–Kier alpha value is -1.11. The van der Waals surface area contributed by atoms with Gasteiger partial charge in [-0.1, -0.05) is 19.1 Å². The van der Waals surface area contributed by atoms with Gasteiger partial charge < -0.3 is 15.2 Å². The average molecular weight is 285 g/mol. The zero-order valence-corrected chi connectivity index (χ0v) is 11.7. The Morgan fingerprint density at radius 3 is 2.79 bits per heavy atom. The van der Waals surface area contributed by atoms with Crippen molar-refractivity contribution < 1.29 is 18.3 Å². The summed E-state index contributed by atoms with van der Waals surface area (Å²) in [6.45, 7) is 2.71. The number of sulfone groups is 1. The molecule has 0 radical (unpaired) electrons. The number of hydrogen-bond donors (Lipinski definition) is 2. The summed E-state index contributed by atoms with van der Waals surface area (Å²) in [4.78, 5) is 0.278. The average Bonchev–Trinajstić information content (AvgIpc) is 2.84. The van der Waals surface area contributed by atoms with Gasteiger partial charge in [0.1, 0.15) is 5.60 Å². The molecule has 0 aliphatic carbocycles. The minimum absolute atomic E-state index is 0.0546. The van der Waals surface area contributed by atoms with E-state index in [4.69, 9.17) is 4.74 Å². The molecule has 0 saturated carbocycles. The van der Waals surface area contributed by atoms with Gasteiger partial charge in [0.25, 0.3) is 0 Å². The van der Waals surface area contributed by atoms with Crippen molar-refractivity contribution in [1.29, 1.82) is 0 Å². The second-order valence-corrected chi connectivity index (χ2v) is 7.03. The number of para-hydroxylation sites is 1. The van der Waals surface area contributed by atoms with Crippen molar-refractivity contribution >= 4 is 15.5 Å². The molecule has 5 nitrogen and oxygen atoms in total. The highest BCUT2D eigenvalue weighted by atomic mass is 32.2. The van der Waals surface area contributed by atoms with Crippen LogP contribution in [0, 0.1) is 0 Å². The summed E-state index contributed by atoms with van der Waals surface area (Å²) >= 11 is 0. The van der Waals surface area contributed by atoms with Crippen molar-refractivity contribution in [3.63, 3.8) is 0 Å². The van der Waals surface area contributed by atoms with E-state index in [0.29, 0.717) is 18.7 Å². The van der Waals surface area contributed by atoms with Crippen LogP contribution in [0.5, 0.6) is 0 Å². The molecular weight excluding hydrogens is 266 g/mol. The molecule has 1 heterocycles. The lowest BCUT2D eigenvalue weighted by atomic mass is 10.0. The van der Waals surface area contributed by atoms with Crippen LogP contribution in [0.15, 0.2) is 29.2 Å². The lowest BCUT2D eigenvalue weighted by molar-refractivity contribution is 0.0381. The molecule has 1 aromatic rings. The summed E-state index contributed by atoms with van der Waals surface area (Å²) in [6, 6.07) is 6.76. The van der Waals surface area contributed by atoms with Crippen LogP contribution in [0.25, 0.3) is 0 Å². The van der Waals surface area contributed by atoms with Crippen molar-refractivity contribution in [2.24, 2.45) is 0 Å². The van der Waals surface area contributed by atoms with Gasteiger partial charge in [-0.25, -0.2) is 8.42 Å². The van der Waals surface area contributed by atoms with Crippen molar-refractivity contribution in [2.75, 3.05) is 30.8 Å². The van der Waals surface area contributed by atoms with E-state index in [1.807, 2.05) is 0 Å². The van der Waals surface area contributed by atoms with E-state index in [2.05, 4.69) is 5.32 Å². The van der Waals surface area contributed by atoms with Crippen molar-refractivity contribution in [3.05, 3.63) is 24.3 Å². The minimum Gasteiger partial charge on any atom is -0.386 e. The monoisotopic (exact) mass is 285 g/mol. The van der Waals surface area contributed by atoms with Crippen LogP contribution in [0.1, 0.15) is 13.3 Å². The van der Waals surface area contributed by atoms with Crippen molar-refractivity contribution in [1.82, 2.24) is 0 Å². The summed E-state index contributed by atoms with van der Waals surface area (Å²) in [6.07, 6.45) is 0.558. The van der Waals surface area contributed by atoms with Gasteiger partial charge in [-0.3, -0.25) is 0 Å². The van der Waals surface area contributed by atoms with E-state index in [-0.39, 0.29) is 23.8 Å². The first kappa shape index (κ1) is 14.3. The third-order valence-corrected chi connectivity index (χ3v) is 5.08. The first-order valence-corrected chi connectivity index (χ1v) is 7.98. The third kappa shape index (κ3) is 3.26. The molecule has 0 amide bonds. The zero-order chi connectivity index (χ0) is 13.9. The first-order valence-electron chi connectivity index (χ1n) is 6.33. The number of ether oxygens (including phenoxy) is 1. The van der Waals surface area contributed by atoms with Gasteiger partial charge in [0, 0.05) is 19.6 Å². The summed E-state index contributed by atoms with van der Waals surface area (Å²) < 4.78 is 29.1. The largest absolute Gasteiger partial charge is 0.386 e. The van der Waals surface area contributed by atoms with Gasteiger partial charge in [-0.05, 0) is 12.1 Å². The molecule has 6 heteroatoms. The summed E-state index contributed by atoms with van der Waals surface area (Å²) in [5.74, 6) is 0.0546. The Labute approximate surface area is 113 Å². The predicted molar refractivity (Wildman–Crippen MR) is 73.0 cm³/mol. The Morgan fingerprint density at radius 2 is 2.16 bits per heavy atom. The molecular formula is C13H19NO4S. The molecule has 1 aliphatic rings. The van der Waals surface area contributed by atoms with E-state index in [1.54, 1.807) is 31.2 Å². The standard InChI is InChI=1S/C13H19NO4S/c1-2-19(16,17)12-6-4-3-5-11(12)14-9-13(15)7-8-18-10-13/h3-6,14-15H,2,7-10H2,1H3. The number of aliphatic hydroxyl groups is 1. The third-order valence-electron chi connectivity index (χ3n) is 3.29. The van der Waals surface area contributed by atoms with Gasteiger partial charge in [0.15, 0.2) is 9.84 Å². The zero-order valence-electron chi connectivity index (χ0n) is 10.9. The van der Waals surface area contributed by atoms with Crippen LogP contribution in [-0.4, -0.2) is 44.6 Å². The highest BCUT2D eigenvalue weighted by molar-refractivity contribution is 7.91. The Kier molecular flexibility index (Phi) is 4.13. The maximum absolute atomic E-state index is 12.0. The number of hydrogen-bond acceptors (Lipinski definition) is 5. The molecule has 1 saturated heterocycles. The van der Waals surface area contributed by atoms with E-state index in [1.165, 1.54) is 0 Å². The van der Waals surface area contributed by atoms with Gasteiger partial charge in [-0.2, -0.15) is 0 Å². The number of rotatable bonds is 5. The van der Waals surface area contributed by atoms with Gasteiger partial charge in [-0.15, -0.1) is 0 Å². The Morgan fingerprint density at radius 1 is 1.42 bits per heavy atom. The van der Waals surface area contributed by atoms with Crippen LogP contribution in [-0.2, 0) is 14.6 Å². The lowest BCUT2D eigenvalue weighted by Gasteiger charge is -2.22. The second kappa shape index (κ2) is 5.48. The Balaban J connectivity index is 2.17. The fourth-order valence-electron chi connectivity index (χ4n) is 2.04. The van der Waals surface area contributed by atoms with Gasteiger partial charge in [0.05, 0.1) is 22.9 Å². The quantitative estimate of drug-likeness (QED) is 0.845. The van der Waals surface area contributed by atoms with Crippen LogP contribution in [0.2, 0.25) is 0 Å². The van der Waals surface area contributed by atoms with Crippen LogP contribution >= 0.6 is 0 Å². The molecule has 106 valence electrons. The Bertz CT molecular complexity index is 535. The second-order valence-electron chi connectivity index (χ2n) is 4.78. The lowest BCUT2D eigenvalue weighted by Crippen LogP contribution is -2.37. The van der Waals surface area contributed by atoms with Gasteiger partial charge >= 0.3 is 0 Å². The van der Waals surface area contributed by atoms with Crippen molar-refractivity contribution in [2.45, 2.75) is 23.8 Å². The molecule has 1 aliphatic heterocycles. The fraction of sp³-hybridized carbons (Fsp3) is 0.538. The van der Waals surface area contributed by atoms with E-state index in [9.17, 15) is 13.5 Å². The maximum Gasteiger partial charge on any atom is 0.180 e. The summed E-state index contributed by atoms with van der Waals surface area (Å²) in [5, 5.41) is 13.2. The van der Waals surface area contributed by atoms with E-state index < -0.39 is 15.4 Å². The number of anilines is 1. The maximum atomic E-state index is 12.0. The van der Waals surface area contributed by atoms with Gasteiger partial charge in [0.2, 0.25) is 0 Å². The first-order chi connectivity index (χ1) is 8.97. The molecule has 0 spiro atoms. The van der Waals surface area contributed by atoms with Crippen LogP contribution in [0.4, 0.5) is 5.69 Å². The number of benzene rings is 1. The molecule has 1 unspecified atom stereocenters.